The van der Waals surface area contributed by atoms with Gasteiger partial charge < -0.3 is 9.88 Å². The monoisotopic (exact) mass is 333 g/mol. The van der Waals surface area contributed by atoms with Crippen molar-refractivity contribution in [3.63, 3.8) is 0 Å². The second-order valence-electron chi connectivity index (χ2n) is 4.96. The molecule has 2 heterocycles. The smallest absolute Gasteiger partial charge is 0.239 e. The number of benzene rings is 1. The maximum atomic E-state index is 12.3. The minimum atomic E-state index is -0.281. The standard InChI is InChI=1S/C14H15N5OS2/c1-8-4-5-10-11(6-8)22-13(16-10)17-12(20)9(2)21-14-18-15-7-19(14)3/h4-7,9H,1-3H3,(H,16,17,20). The van der Waals surface area contributed by atoms with Gasteiger partial charge in [0.05, 0.1) is 15.5 Å². The Hall–Kier alpha value is -1.93. The van der Waals surface area contributed by atoms with Gasteiger partial charge in [0.2, 0.25) is 5.91 Å². The fourth-order valence-corrected chi connectivity index (χ4v) is 3.64. The number of carbonyl (C=O) groups is 1. The summed E-state index contributed by atoms with van der Waals surface area (Å²) in [6, 6.07) is 6.05. The van der Waals surface area contributed by atoms with Crippen LogP contribution in [-0.4, -0.2) is 30.9 Å². The van der Waals surface area contributed by atoms with Gasteiger partial charge in [-0.15, -0.1) is 10.2 Å². The average Bonchev–Trinajstić information content (AvgIpc) is 3.04. The summed E-state index contributed by atoms with van der Waals surface area (Å²) in [7, 11) is 1.85. The van der Waals surface area contributed by atoms with Crippen LogP contribution < -0.4 is 5.32 Å². The molecule has 0 saturated carbocycles. The number of thioether (sulfide) groups is 1. The summed E-state index contributed by atoms with van der Waals surface area (Å²) in [6.07, 6.45) is 1.61. The van der Waals surface area contributed by atoms with Gasteiger partial charge in [-0.25, -0.2) is 4.98 Å². The lowest BCUT2D eigenvalue weighted by Gasteiger charge is -2.09. The number of amides is 1. The first-order valence-corrected chi connectivity index (χ1v) is 8.41. The molecule has 1 unspecified atom stereocenters. The molecule has 3 aromatic rings. The number of hydrogen-bond donors (Lipinski definition) is 1. The van der Waals surface area contributed by atoms with Crippen molar-refractivity contribution in [2.45, 2.75) is 24.3 Å². The van der Waals surface area contributed by atoms with E-state index in [0.717, 1.165) is 10.2 Å². The molecule has 0 spiro atoms. The van der Waals surface area contributed by atoms with E-state index in [1.165, 1.54) is 28.7 Å². The zero-order chi connectivity index (χ0) is 15.7. The minimum absolute atomic E-state index is 0.0937. The Bertz CT molecular complexity index is 826. The summed E-state index contributed by atoms with van der Waals surface area (Å²) in [4.78, 5) is 16.7. The van der Waals surface area contributed by atoms with Gasteiger partial charge in [0.25, 0.3) is 0 Å². The van der Waals surface area contributed by atoms with E-state index >= 15 is 0 Å². The van der Waals surface area contributed by atoms with Crippen molar-refractivity contribution < 1.29 is 4.79 Å². The molecular weight excluding hydrogens is 318 g/mol. The second-order valence-corrected chi connectivity index (χ2v) is 7.30. The highest BCUT2D eigenvalue weighted by atomic mass is 32.2. The van der Waals surface area contributed by atoms with E-state index in [1.54, 1.807) is 10.9 Å². The Kier molecular flexibility index (Phi) is 4.12. The Labute approximate surface area is 136 Å². The van der Waals surface area contributed by atoms with Crippen LogP contribution in [0.2, 0.25) is 0 Å². The van der Waals surface area contributed by atoms with Crippen molar-refractivity contribution in [1.82, 2.24) is 19.7 Å². The molecule has 0 fully saturated rings. The number of hydrogen-bond acceptors (Lipinski definition) is 6. The number of thiazole rings is 1. The van der Waals surface area contributed by atoms with Crippen LogP contribution in [0.5, 0.6) is 0 Å². The first kappa shape index (κ1) is 15.0. The van der Waals surface area contributed by atoms with Crippen LogP contribution in [0.15, 0.2) is 29.7 Å². The number of aryl methyl sites for hydroxylation is 2. The number of anilines is 1. The minimum Gasteiger partial charge on any atom is -0.312 e. The van der Waals surface area contributed by atoms with Crippen LogP contribution in [0.25, 0.3) is 10.2 Å². The second kappa shape index (κ2) is 6.05. The normalized spacial score (nSPS) is 12.5. The summed E-state index contributed by atoms with van der Waals surface area (Å²) in [5.41, 5.74) is 2.08. The predicted molar refractivity (Wildman–Crippen MR) is 89.3 cm³/mol. The van der Waals surface area contributed by atoms with Gasteiger partial charge in [-0.3, -0.25) is 4.79 Å². The van der Waals surface area contributed by atoms with E-state index < -0.39 is 0 Å². The van der Waals surface area contributed by atoms with E-state index in [0.29, 0.717) is 10.3 Å². The third-order valence-electron chi connectivity index (χ3n) is 3.10. The quantitative estimate of drug-likeness (QED) is 0.743. The molecule has 6 nitrogen and oxygen atoms in total. The summed E-state index contributed by atoms with van der Waals surface area (Å²) < 4.78 is 2.86. The number of carbonyl (C=O) groups excluding carboxylic acids is 1. The van der Waals surface area contributed by atoms with Crippen LogP contribution in [0.4, 0.5) is 5.13 Å². The topological polar surface area (TPSA) is 72.7 Å². The Morgan fingerprint density at radius 1 is 1.45 bits per heavy atom. The highest BCUT2D eigenvalue weighted by Crippen LogP contribution is 2.28. The third-order valence-corrected chi connectivity index (χ3v) is 5.18. The van der Waals surface area contributed by atoms with E-state index in [-0.39, 0.29) is 11.2 Å². The third kappa shape index (κ3) is 3.12. The number of nitrogens with one attached hydrogen (secondary N) is 1. The predicted octanol–water partition coefficient (Wildman–Crippen LogP) is 2.85. The van der Waals surface area contributed by atoms with Gasteiger partial charge in [-0.05, 0) is 31.5 Å². The zero-order valence-electron chi connectivity index (χ0n) is 12.4. The largest absolute Gasteiger partial charge is 0.312 e. The van der Waals surface area contributed by atoms with E-state index in [1.807, 2.05) is 33.0 Å². The first-order chi connectivity index (χ1) is 10.5. The SMILES string of the molecule is Cc1ccc2nc(NC(=O)C(C)Sc3nncn3C)sc2c1. The summed E-state index contributed by atoms with van der Waals surface area (Å²) >= 11 is 2.85. The molecule has 1 N–H and O–H groups in total. The molecule has 0 aliphatic carbocycles. The molecule has 114 valence electrons. The van der Waals surface area contributed by atoms with Gasteiger partial charge in [0.15, 0.2) is 10.3 Å². The summed E-state index contributed by atoms with van der Waals surface area (Å²) in [5.74, 6) is -0.0937. The molecule has 8 heteroatoms. The maximum Gasteiger partial charge on any atom is 0.239 e. The van der Waals surface area contributed by atoms with Crippen LogP contribution >= 0.6 is 23.1 Å². The van der Waals surface area contributed by atoms with E-state index in [2.05, 4.69) is 26.6 Å². The Morgan fingerprint density at radius 3 is 3.00 bits per heavy atom. The summed E-state index contributed by atoms with van der Waals surface area (Å²) in [6.45, 7) is 3.88. The van der Waals surface area contributed by atoms with Crippen LogP contribution in [0.3, 0.4) is 0 Å². The van der Waals surface area contributed by atoms with Gasteiger partial charge in [-0.2, -0.15) is 0 Å². The molecule has 3 rings (SSSR count). The highest BCUT2D eigenvalue weighted by Gasteiger charge is 2.18. The molecule has 0 radical (unpaired) electrons. The number of aromatic nitrogens is 4. The Morgan fingerprint density at radius 2 is 2.27 bits per heavy atom. The number of rotatable bonds is 4. The fourth-order valence-electron chi connectivity index (χ4n) is 1.88. The van der Waals surface area contributed by atoms with Crippen molar-refractivity contribution in [1.29, 1.82) is 0 Å². The van der Waals surface area contributed by atoms with Gasteiger partial charge in [0, 0.05) is 7.05 Å². The molecule has 0 saturated heterocycles. The summed E-state index contributed by atoms with van der Waals surface area (Å²) in [5, 5.41) is 11.7. The number of nitrogens with zero attached hydrogens (tertiary/aromatic N) is 4. The molecular formula is C14H15N5OS2. The Balaban J connectivity index is 1.70. The molecule has 0 aliphatic heterocycles. The number of fused-ring (bicyclic) bond motifs is 1. The highest BCUT2D eigenvalue weighted by molar-refractivity contribution is 8.00. The van der Waals surface area contributed by atoms with Crippen molar-refractivity contribution in [3.05, 3.63) is 30.1 Å². The average molecular weight is 333 g/mol. The van der Waals surface area contributed by atoms with Gasteiger partial charge in [-0.1, -0.05) is 29.2 Å². The van der Waals surface area contributed by atoms with Crippen molar-refractivity contribution >= 4 is 44.4 Å². The lowest BCUT2D eigenvalue weighted by Crippen LogP contribution is -2.22. The van der Waals surface area contributed by atoms with E-state index in [4.69, 9.17) is 0 Å². The molecule has 0 bridgehead atoms. The molecule has 1 atom stereocenters. The molecule has 1 amide bonds. The fraction of sp³-hybridized carbons (Fsp3) is 0.286. The van der Waals surface area contributed by atoms with Gasteiger partial charge in [0.1, 0.15) is 6.33 Å². The first-order valence-electron chi connectivity index (χ1n) is 6.71. The zero-order valence-corrected chi connectivity index (χ0v) is 14.0. The molecule has 1 aromatic carbocycles. The van der Waals surface area contributed by atoms with Crippen LogP contribution in [0.1, 0.15) is 12.5 Å². The van der Waals surface area contributed by atoms with Crippen LogP contribution in [-0.2, 0) is 11.8 Å². The molecule has 0 aliphatic rings. The molecule has 2 aromatic heterocycles. The van der Waals surface area contributed by atoms with Gasteiger partial charge >= 0.3 is 0 Å². The van der Waals surface area contributed by atoms with Crippen LogP contribution in [0, 0.1) is 6.92 Å². The maximum absolute atomic E-state index is 12.3. The lowest BCUT2D eigenvalue weighted by atomic mass is 10.2. The van der Waals surface area contributed by atoms with Crippen molar-refractivity contribution in [2.24, 2.45) is 7.05 Å². The lowest BCUT2D eigenvalue weighted by molar-refractivity contribution is -0.115. The van der Waals surface area contributed by atoms with Crippen molar-refractivity contribution in [2.75, 3.05) is 5.32 Å². The van der Waals surface area contributed by atoms with Crippen molar-refractivity contribution in [3.8, 4) is 0 Å². The molecule has 22 heavy (non-hydrogen) atoms. The van der Waals surface area contributed by atoms with E-state index in [9.17, 15) is 4.79 Å².